The summed E-state index contributed by atoms with van der Waals surface area (Å²) in [5.74, 6) is 0.429. The molecule has 0 spiro atoms. The van der Waals surface area contributed by atoms with E-state index in [9.17, 15) is 9.59 Å². The second kappa shape index (κ2) is 10.8. The predicted octanol–water partition coefficient (Wildman–Crippen LogP) is 5.76. The highest BCUT2D eigenvalue weighted by Gasteiger charge is 2.24. The molecule has 0 radical (unpaired) electrons. The summed E-state index contributed by atoms with van der Waals surface area (Å²) in [5.41, 5.74) is 4.81. The normalized spacial score (nSPS) is 13.8. The molecule has 200 valence electrons. The van der Waals surface area contributed by atoms with Gasteiger partial charge < -0.3 is 19.9 Å². The van der Waals surface area contributed by atoms with Crippen molar-refractivity contribution in [2.45, 2.75) is 26.2 Å². The first-order valence-corrected chi connectivity index (χ1v) is 13.2. The number of hydrogen-bond donors (Lipinski definition) is 1. The second-order valence-electron chi connectivity index (χ2n) is 10.8. The standard InChI is InChI=1S/C32H34N4O3/c1-32(2,3)23-11-9-22(10-12-23)30(37)33-24-13-15-25(16-14-24)35-17-19-36(20-18-35)31(38)28-21-29(39-4)26-7-5-6-8-27(26)34-28/h5-16,21H,17-20H2,1-4H3,(H,33,37). The van der Waals surface area contributed by atoms with Crippen molar-refractivity contribution in [3.63, 3.8) is 0 Å². The highest BCUT2D eigenvalue weighted by atomic mass is 16.5. The molecule has 5 rings (SSSR count). The van der Waals surface area contributed by atoms with Gasteiger partial charge in [-0.15, -0.1) is 0 Å². The molecule has 7 nitrogen and oxygen atoms in total. The number of piperazine rings is 1. The molecule has 0 bridgehead atoms. The number of nitrogens with one attached hydrogen (secondary N) is 1. The number of carbonyl (C=O) groups excluding carboxylic acids is 2. The Morgan fingerprint density at radius 3 is 2.18 bits per heavy atom. The molecule has 7 heteroatoms. The summed E-state index contributed by atoms with van der Waals surface area (Å²) >= 11 is 0. The van der Waals surface area contributed by atoms with E-state index in [1.807, 2.05) is 77.7 Å². The third-order valence-corrected chi connectivity index (χ3v) is 7.19. The van der Waals surface area contributed by atoms with Gasteiger partial charge in [-0.25, -0.2) is 4.98 Å². The highest BCUT2D eigenvalue weighted by molar-refractivity contribution is 6.04. The van der Waals surface area contributed by atoms with Crippen molar-refractivity contribution in [1.82, 2.24) is 9.88 Å². The molecule has 0 aliphatic carbocycles. The van der Waals surface area contributed by atoms with Crippen molar-refractivity contribution in [2.75, 3.05) is 43.5 Å². The predicted molar refractivity (Wildman–Crippen MR) is 156 cm³/mol. The molecule has 1 fully saturated rings. The highest BCUT2D eigenvalue weighted by Crippen LogP contribution is 2.27. The Balaban J connectivity index is 1.19. The van der Waals surface area contributed by atoms with E-state index in [1.54, 1.807) is 13.2 Å². The minimum Gasteiger partial charge on any atom is -0.496 e. The summed E-state index contributed by atoms with van der Waals surface area (Å²) in [4.78, 5) is 34.6. The second-order valence-corrected chi connectivity index (χ2v) is 10.8. The number of nitrogens with zero attached hydrogens (tertiary/aromatic N) is 3. The van der Waals surface area contributed by atoms with Gasteiger partial charge in [0.15, 0.2) is 0 Å². The Hall–Kier alpha value is -4.39. The maximum absolute atomic E-state index is 13.2. The van der Waals surface area contributed by atoms with E-state index >= 15 is 0 Å². The number of pyridine rings is 1. The van der Waals surface area contributed by atoms with Gasteiger partial charge in [-0.2, -0.15) is 0 Å². The van der Waals surface area contributed by atoms with Gasteiger partial charge in [0.2, 0.25) is 0 Å². The van der Waals surface area contributed by atoms with E-state index in [2.05, 4.69) is 36.0 Å². The lowest BCUT2D eigenvalue weighted by Gasteiger charge is -2.36. The SMILES string of the molecule is COc1cc(C(=O)N2CCN(c3ccc(NC(=O)c4ccc(C(C)(C)C)cc4)cc3)CC2)nc2ccccc12. The first kappa shape index (κ1) is 26.2. The first-order valence-electron chi connectivity index (χ1n) is 13.2. The monoisotopic (exact) mass is 522 g/mol. The largest absolute Gasteiger partial charge is 0.496 e. The van der Waals surface area contributed by atoms with E-state index < -0.39 is 0 Å². The third kappa shape index (κ3) is 5.72. The number of methoxy groups -OCH3 is 1. The van der Waals surface area contributed by atoms with Crippen molar-refractivity contribution in [1.29, 1.82) is 0 Å². The van der Waals surface area contributed by atoms with Crippen molar-refractivity contribution >= 4 is 34.1 Å². The summed E-state index contributed by atoms with van der Waals surface area (Å²) in [6.45, 7) is 9.07. The van der Waals surface area contributed by atoms with Crippen LogP contribution in [0.25, 0.3) is 10.9 Å². The smallest absolute Gasteiger partial charge is 0.272 e. The number of aromatic nitrogens is 1. The molecule has 0 saturated carbocycles. The number of amides is 2. The van der Waals surface area contributed by atoms with E-state index in [1.165, 1.54) is 5.56 Å². The number of benzene rings is 3. The van der Waals surface area contributed by atoms with Crippen LogP contribution in [0.3, 0.4) is 0 Å². The minimum absolute atomic E-state index is 0.0461. The number of anilines is 2. The van der Waals surface area contributed by atoms with Crippen LogP contribution in [-0.2, 0) is 5.41 Å². The van der Waals surface area contributed by atoms with Gasteiger partial charge in [0.05, 0.1) is 12.6 Å². The lowest BCUT2D eigenvalue weighted by Crippen LogP contribution is -2.49. The lowest BCUT2D eigenvalue weighted by molar-refractivity contribution is 0.0740. The summed E-state index contributed by atoms with van der Waals surface area (Å²) < 4.78 is 5.51. The number of para-hydroxylation sites is 1. The summed E-state index contributed by atoms with van der Waals surface area (Å²) in [5, 5.41) is 3.87. The van der Waals surface area contributed by atoms with Gasteiger partial charge in [0.1, 0.15) is 11.4 Å². The van der Waals surface area contributed by atoms with Gasteiger partial charge in [-0.05, 0) is 59.5 Å². The molecular weight excluding hydrogens is 488 g/mol. The first-order chi connectivity index (χ1) is 18.7. The van der Waals surface area contributed by atoms with Crippen molar-refractivity contribution < 1.29 is 14.3 Å². The molecule has 2 heterocycles. The maximum Gasteiger partial charge on any atom is 0.272 e. The fraction of sp³-hybridized carbons (Fsp3) is 0.281. The van der Waals surface area contributed by atoms with Gasteiger partial charge in [0, 0.05) is 54.6 Å². The van der Waals surface area contributed by atoms with E-state index in [-0.39, 0.29) is 17.2 Å². The number of ether oxygens (including phenoxy) is 1. The van der Waals surface area contributed by atoms with Crippen LogP contribution in [0.15, 0.2) is 78.9 Å². The van der Waals surface area contributed by atoms with Gasteiger partial charge in [-0.1, -0.05) is 45.0 Å². The van der Waals surface area contributed by atoms with E-state index in [4.69, 9.17) is 4.74 Å². The number of rotatable bonds is 5. The van der Waals surface area contributed by atoms with Gasteiger partial charge in [-0.3, -0.25) is 9.59 Å². The minimum atomic E-state index is -0.130. The third-order valence-electron chi connectivity index (χ3n) is 7.19. The van der Waals surface area contributed by atoms with Crippen LogP contribution in [0.1, 0.15) is 47.2 Å². The molecule has 0 unspecified atom stereocenters. The topological polar surface area (TPSA) is 74.8 Å². The number of carbonyl (C=O) groups is 2. The Morgan fingerprint density at radius 2 is 1.54 bits per heavy atom. The fourth-order valence-electron chi connectivity index (χ4n) is 4.83. The molecule has 1 aliphatic rings. The average molecular weight is 523 g/mol. The molecular formula is C32H34N4O3. The molecule has 4 aromatic rings. The van der Waals surface area contributed by atoms with Crippen molar-refractivity contribution in [3.8, 4) is 5.75 Å². The zero-order chi connectivity index (χ0) is 27.6. The molecule has 39 heavy (non-hydrogen) atoms. The summed E-state index contributed by atoms with van der Waals surface area (Å²) in [7, 11) is 1.61. The molecule has 3 aromatic carbocycles. The van der Waals surface area contributed by atoms with Crippen LogP contribution in [-0.4, -0.2) is 55.0 Å². The zero-order valence-corrected chi connectivity index (χ0v) is 22.9. The van der Waals surface area contributed by atoms with Crippen LogP contribution >= 0.6 is 0 Å². The van der Waals surface area contributed by atoms with E-state index in [0.717, 1.165) is 22.3 Å². The molecule has 1 N–H and O–H groups in total. The van der Waals surface area contributed by atoms with Crippen LogP contribution in [0.2, 0.25) is 0 Å². The summed E-state index contributed by atoms with van der Waals surface area (Å²) in [6.07, 6.45) is 0. The lowest BCUT2D eigenvalue weighted by atomic mass is 9.87. The van der Waals surface area contributed by atoms with Crippen molar-refractivity contribution in [3.05, 3.63) is 95.7 Å². The zero-order valence-electron chi connectivity index (χ0n) is 22.9. The Labute approximate surface area is 229 Å². The van der Waals surface area contributed by atoms with Crippen LogP contribution < -0.4 is 15.0 Å². The fourth-order valence-corrected chi connectivity index (χ4v) is 4.83. The molecule has 0 atom stereocenters. The number of hydrogen-bond acceptors (Lipinski definition) is 5. The molecule has 1 aromatic heterocycles. The molecule has 2 amide bonds. The maximum atomic E-state index is 13.2. The van der Waals surface area contributed by atoms with Crippen molar-refractivity contribution in [2.24, 2.45) is 0 Å². The van der Waals surface area contributed by atoms with Crippen LogP contribution in [0.5, 0.6) is 5.75 Å². The molecule has 1 saturated heterocycles. The van der Waals surface area contributed by atoms with Gasteiger partial charge in [0.25, 0.3) is 11.8 Å². The average Bonchev–Trinajstić information content (AvgIpc) is 2.96. The van der Waals surface area contributed by atoms with Gasteiger partial charge >= 0.3 is 0 Å². The Kier molecular flexibility index (Phi) is 7.24. The van der Waals surface area contributed by atoms with Crippen LogP contribution in [0, 0.1) is 0 Å². The number of fused-ring (bicyclic) bond motifs is 1. The Morgan fingerprint density at radius 1 is 0.872 bits per heavy atom. The van der Waals surface area contributed by atoms with E-state index in [0.29, 0.717) is 43.2 Å². The van der Waals surface area contributed by atoms with Crippen LogP contribution in [0.4, 0.5) is 11.4 Å². The quantitative estimate of drug-likeness (QED) is 0.361. The Bertz CT molecular complexity index is 1480. The summed E-state index contributed by atoms with van der Waals surface area (Å²) in [6, 6.07) is 25.0. The molecule has 1 aliphatic heterocycles.